The van der Waals surface area contributed by atoms with Gasteiger partial charge in [0.15, 0.2) is 0 Å². The summed E-state index contributed by atoms with van der Waals surface area (Å²) in [6.45, 7) is 2.16. The number of ether oxygens (including phenoxy) is 2. The molecule has 0 heterocycles. The summed E-state index contributed by atoms with van der Waals surface area (Å²) in [4.78, 5) is 22.7. The van der Waals surface area contributed by atoms with Gasteiger partial charge in [-0.3, -0.25) is 4.79 Å². The standard InChI is InChI=1S/C13H17NO4/c1-4-12(15)14-8-9-5-6-11(17-2)10(7-9)13(16)18-3/h5-7H,4,8H2,1-3H3,(H,14,15). The van der Waals surface area contributed by atoms with Crippen molar-refractivity contribution in [2.45, 2.75) is 19.9 Å². The normalized spacial score (nSPS) is 9.72. The fourth-order valence-corrected chi connectivity index (χ4v) is 1.46. The van der Waals surface area contributed by atoms with Gasteiger partial charge in [0, 0.05) is 13.0 Å². The third kappa shape index (κ3) is 3.48. The van der Waals surface area contributed by atoms with E-state index in [1.54, 1.807) is 25.1 Å². The lowest BCUT2D eigenvalue weighted by atomic mass is 10.1. The van der Waals surface area contributed by atoms with E-state index in [1.165, 1.54) is 14.2 Å². The minimum Gasteiger partial charge on any atom is -0.496 e. The van der Waals surface area contributed by atoms with Gasteiger partial charge in [-0.05, 0) is 17.7 Å². The largest absolute Gasteiger partial charge is 0.496 e. The van der Waals surface area contributed by atoms with Crippen molar-refractivity contribution in [2.75, 3.05) is 14.2 Å². The van der Waals surface area contributed by atoms with Crippen molar-refractivity contribution in [1.29, 1.82) is 0 Å². The SMILES string of the molecule is CCC(=O)NCc1ccc(OC)c(C(=O)OC)c1. The smallest absolute Gasteiger partial charge is 0.341 e. The monoisotopic (exact) mass is 251 g/mol. The first-order chi connectivity index (χ1) is 8.62. The molecule has 0 aliphatic carbocycles. The Morgan fingerprint density at radius 1 is 1.28 bits per heavy atom. The van der Waals surface area contributed by atoms with Gasteiger partial charge < -0.3 is 14.8 Å². The molecule has 1 aromatic carbocycles. The Morgan fingerprint density at radius 2 is 2.00 bits per heavy atom. The lowest BCUT2D eigenvalue weighted by Crippen LogP contribution is -2.21. The van der Waals surface area contributed by atoms with Crippen LogP contribution in [0.3, 0.4) is 0 Å². The van der Waals surface area contributed by atoms with Crippen LogP contribution in [0, 0.1) is 0 Å². The molecule has 0 fully saturated rings. The van der Waals surface area contributed by atoms with Crippen molar-refractivity contribution in [3.63, 3.8) is 0 Å². The third-order valence-electron chi connectivity index (χ3n) is 2.48. The summed E-state index contributed by atoms with van der Waals surface area (Å²) in [5, 5.41) is 2.74. The second-order valence-corrected chi connectivity index (χ2v) is 3.66. The number of methoxy groups -OCH3 is 2. The summed E-state index contributed by atoms with van der Waals surface area (Å²) in [7, 11) is 2.80. The van der Waals surface area contributed by atoms with Crippen LogP contribution in [0.15, 0.2) is 18.2 Å². The topological polar surface area (TPSA) is 64.6 Å². The highest BCUT2D eigenvalue weighted by molar-refractivity contribution is 5.92. The molecule has 0 unspecified atom stereocenters. The molecule has 1 aromatic rings. The minimum atomic E-state index is -0.462. The average Bonchev–Trinajstić information content (AvgIpc) is 2.43. The Balaban J connectivity index is 2.89. The number of carbonyl (C=O) groups is 2. The van der Waals surface area contributed by atoms with Crippen LogP contribution in [0.25, 0.3) is 0 Å². The van der Waals surface area contributed by atoms with Crippen molar-refractivity contribution in [3.8, 4) is 5.75 Å². The Labute approximate surface area is 106 Å². The predicted molar refractivity (Wildman–Crippen MR) is 66.5 cm³/mol. The quantitative estimate of drug-likeness (QED) is 0.806. The molecule has 5 heteroatoms. The maximum absolute atomic E-state index is 11.6. The molecule has 0 saturated carbocycles. The second-order valence-electron chi connectivity index (χ2n) is 3.66. The average molecular weight is 251 g/mol. The van der Waals surface area contributed by atoms with Gasteiger partial charge in [0.1, 0.15) is 11.3 Å². The van der Waals surface area contributed by atoms with Crippen LogP contribution in [0.4, 0.5) is 0 Å². The summed E-state index contributed by atoms with van der Waals surface area (Å²) in [5.74, 6) is -0.0478. The molecule has 1 rings (SSSR count). The molecule has 0 spiro atoms. The summed E-state index contributed by atoms with van der Waals surface area (Å²) in [6, 6.07) is 5.13. The molecule has 0 aliphatic heterocycles. The summed E-state index contributed by atoms with van der Waals surface area (Å²) >= 11 is 0. The highest BCUT2D eigenvalue weighted by atomic mass is 16.5. The van der Waals surface area contributed by atoms with Crippen LogP contribution in [0.2, 0.25) is 0 Å². The zero-order chi connectivity index (χ0) is 13.5. The molecule has 0 radical (unpaired) electrons. The maximum atomic E-state index is 11.6. The van der Waals surface area contributed by atoms with Gasteiger partial charge in [0.2, 0.25) is 5.91 Å². The molecular weight excluding hydrogens is 234 g/mol. The van der Waals surface area contributed by atoms with E-state index in [0.717, 1.165) is 5.56 Å². The van der Waals surface area contributed by atoms with Crippen molar-refractivity contribution < 1.29 is 19.1 Å². The minimum absolute atomic E-state index is 0.0366. The van der Waals surface area contributed by atoms with Crippen molar-refractivity contribution in [3.05, 3.63) is 29.3 Å². The van der Waals surface area contributed by atoms with Crippen LogP contribution >= 0.6 is 0 Å². The predicted octanol–water partition coefficient (Wildman–Crippen LogP) is 1.51. The van der Waals surface area contributed by atoms with E-state index in [2.05, 4.69) is 10.1 Å². The molecule has 0 aliphatic rings. The zero-order valence-corrected chi connectivity index (χ0v) is 10.8. The molecule has 1 N–H and O–H groups in total. The maximum Gasteiger partial charge on any atom is 0.341 e. The fourth-order valence-electron chi connectivity index (χ4n) is 1.46. The van der Waals surface area contributed by atoms with E-state index in [0.29, 0.717) is 24.3 Å². The Hall–Kier alpha value is -2.04. The number of hydrogen-bond acceptors (Lipinski definition) is 4. The number of benzene rings is 1. The van der Waals surface area contributed by atoms with Gasteiger partial charge in [-0.2, -0.15) is 0 Å². The number of amides is 1. The van der Waals surface area contributed by atoms with Crippen molar-refractivity contribution in [2.24, 2.45) is 0 Å². The Kier molecular flexibility index (Phi) is 5.17. The molecule has 18 heavy (non-hydrogen) atoms. The van der Waals surface area contributed by atoms with Gasteiger partial charge >= 0.3 is 5.97 Å². The summed E-state index contributed by atoms with van der Waals surface area (Å²) in [6.07, 6.45) is 0.431. The van der Waals surface area contributed by atoms with Crippen LogP contribution < -0.4 is 10.1 Å². The summed E-state index contributed by atoms with van der Waals surface area (Å²) < 4.78 is 9.76. The van der Waals surface area contributed by atoms with E-state index < -0.39 is 5.97 Å². The molecule has 0 bridgehead atoms. The molecule has 0 atom stereocenters. The van der Waals surface area contributed by atoms with Crippen molar-refractivity contribution >= 4 is 11.9 Å². The van der Waals surface area contributed by atoms with Gasteiger partial charge in [-0.15, -0.1) is 0 Å². The van der Waals surface area contributed by atoms with Crippen LogP contribution in [-0.2, 0) is 16.1 Å². The first-order valence-electron chi connectivity index (χ1n) is 5.64. The number of rotatable bonds is 5. The lowest BCUT2D eigenvalue weighted by molar-refractivity contribution is -0.120. The zero-order valence-electron chi connectivity index (χ0n) is 10.8. The highest BCUT2D eigenvalue weighted by Gasteiger charge is 2.13. The van der Waals surface area contributed by atoms with E-state index >= 15 is 0 Å². The number of hydrogen-bond donors (Lipinski definition) is 1. The first kappa shape index (κ1) is 14.0. The molecule has 1 amide bonds. The highest BCUT2D eigenvalue weighted by Crippen LogP contribution is 2.20. The van der Waals surface area contributed by atoms with Crippen LogP contribution in [0.1, 0.15) is 29.3 Å². The Bertz CT molecular complexity index is 443. The lowest BCUT2D eigenvalue weighted by Gasteiger charge is -2.09. The molecule has 98 valence electrons. The van der Waals surface area contributed by atoms with Gasteiger partial charge in [-0.1, -0.05) is 13.0 Å². The third-order valence-corrected chi connectivity index (χ3v) is 2.48. The van der Waals surface area contributed by atoms with Gasteiger partial charge in [0.25, 0.3) is 0 Å². The molecular formula is C13H17NO4. The van der Waals surface area contributed by atoms with E-state index in [1.807, 2.05) is 0 Å². The van der Waals surface area contributed by atoms with Crippen LogP contribution in [-0.4, -0.2) is 26.1 Å². The number of carbonyl (C=O) groups excluding carboxylic acids is 2. The number of nitrogens with one attached hydrogen (secondary N) is 1. The van der Waals surface area contributed by atoms with Gasteiger partial charge in [0.05, 0.1) is 14.2 Å². The van der Waals surface area contributed by atoms with Crippen LogP contribution in [0.5, 0.6) is 5.75 Å². The molecule has 5 nitrogen and oxygen atoms in total. The second kappa shape index (κ2) is 6.64. The Morgan fingerprint density at radius 3 is 2.56 bits per heavy atom. The molecule has 0 aromatic heterocycles. The molecule has 0 saturated heterocycles. The van der Waals surface area contributed by atoms with Gasteiger partial charge in [-0.25, -0.2) is 4.79 Å². The van der Waals surface area contributed by atoms with Crippen molar-refractivity contribution in [1.82, 2.24) is 5.32 Å². The first-order valence-corrected chi connectivity index (χ1v) is 5.64. The fraction of sp³-hybridized carbons (Fsp3) is 0.385. The number of esters is 1. The summed E-state index contributed by atoms with van der Waals surface area (Å²) in [5.41, 5.74) is 1.17. The van der Waals surface area contributed by atoms with E-state index in [-0.39, 0.29) is 5.91 Å². The van der Waals surface area contributed by atoms with E-state index in [4.69, 9.17) is 4.74 Å². The van der Waals surface area contributed by atoms with E-state index in [9.17, 15) is 9.59 Å².